The van der Waals surface area contributed by atoms with Crippen LogP contribution >= 0.6 is 0 Å². The number of phenols is 2. The van der Waals surface area contributed by atoms with Crippen LogP contribution in [0.1, 0.15) is 24.5 Å². The summed E-state index contributed by atoms with van der Waals surface area (Å²) >= 11 is 0. The minimum absolute atomic E-state index is 0.146. The maximum Gasteiger partial charge on any atom is 0.153 e. The van der Waals surface area contributed by atoms with Crippen LogP contribution < -0.4 is 10.1 Å². The molecule has 174 valence electrons. The van der Waals surface area contributed by atoms with Crippen LogP contribution in [0.25, 0.3) is 11.1 Å². The zero-order valence-corrected chi connectivity index (χ0v) is 18.7. The molecule has 0 unspecified atom stereocenters. The summed E-state index contributed by atoms with van der Waals surface area (Å²) < 4.78 is 18.9. The van der Waals surface area contributed by atoms with Crippen molar-refractivity contribution in [3.63, 3.8) is 0 Å². The predicted molar refractivity (Wildman–Crippen MR) is 129 cm³/mol. The average Bonchev–Trinajstić information content (AvgIpc) is 2.78. The molecule has 2 heterocycles. The zero-order valence-electron chi connectivity index (χ0n) is 18.7. The van der Waals surface area contributed by atoms with Gasteiger partial charge in [0.05, 0.1) is 6.67 Å². The molecule has 2 aliphatic heterocycles. The Kier molecular flexibility index (Phi) is 6.99. The first-order valence-electron chi connectivity index (χ1n) is 11.2. The van der Waals surface area contributed by atoms with E-state index in [0.29, 0.717) is 11.3 Å². The lowest BCUT2D eigenvalue weighted by atomic mass is 9.86. The van der Waals surface area contributed by atoms with Crippen molar-refractivity contribution in [2.75, 3.05) is 32.9 Å². The second-order valence-electron chi connectivity index (χ2n) is 8.64. The number of phenolic OH excluding ortho intramolecular Hbond substituents is 2. The molecular weight excluding hydrogens is 421 g/mol. The van der Waals surface area contributed by atoms with Gasteiger partial charge in [0.25, 0.3) is 0 Å². The molecule has 0 aliphatic carbocycles. The smallest absolute Gasteiger partial charge is 0.153 e. The van der Waals surface area contributed by atoms with Crippen molar-refractivity contribution in [1.82, 2.24) is 10.2 Å². The molecule has 6 nitrogen and oxygen atoms in total. The van der Waals surface area contributed by atoms with Crippen molar-refractivity contribution in [2.24, 2.45) is 5.92 Å². The highest BCUT2D eigenvalue weighted by molar-refractivity contribution is 5.99. The van der Waals surface area contributed by atoms with Crippen LogP contribution in [-0.2, 0) is 0 Å². The van der Waals surface area contributed by atoms with Gasteiger partial charge in [0.15, 0.2) is 6.10 Å². The fraction of sp³-hybridized carbons (Fsp3) is 0.346. The van der Waals surface area contributed by atoms with Gasteiger partial charge in [-0.05, 0) is 61.4 Å². The highest BCUT2D eigenvalue weighted by Crippen LogP contribution is 2.43. The van der Waals surface area contributed by atoms with Crippen LogP contribution in [0.4, 0.5) is 4.39 Å². The summed E-state index contributed by atoms with van der Waals surface area (Å²) in [7, 11) is 0. The summed E-state index contributed by atoms with van der Waals surface area (Å²) in [6.07, 6.45) is 3.46. The number of benzene rings is 2. The number of halogens is 1. The number of likely N-dealkylation sites (tertiary alicyclic amines) is 1. The summed E-state index contributed by atoms with van der Waals surface area (Å²) in [5.41, 5.74) is 3.96. The highest BCUT2D eigenvalue weighted by atomic mass is 19.1. The Morgan fingerprint density at radius 2 is 2.00 bits per heavy atom. The SMILES string of the molecule is CC1=C(c2cccc(O)c2)[C@H](/C(C=N)=C/NCCCN2CC(CF)C2)Oc2ccc(O)cc21. The Morgan fingerprint density at radius 3 is 2.73 bits per heavy atom. The summed E-state index contributed by atoms with van der Waals surface area (Å²) in [6, 6.07) is 11.9. The third kappa shape index (κ3) is 5.03. The molecule has 33 heavy (non-hydrogen) atoms. The molecule has 0 aromatic heterocycles. The van der Waals surface area contributed by atoms with E-state index in [-0.39, 0.29) is 24.1 Å². The van der Waals surface area contributed by atoms with Gasteiger partial charge >= 0.3 is 0 Å². The quantitative estimate of drug-likeness (QED) is 0.339. The van der Waals surface area contributed by atoms with Crippen molar-refractivity contribution in [3.05, 3.63) is 65.4 Å². The van der Waals surface area contributed by atoms with E-state index < -0.39 is 6.10 Å². The minimum Gasteiger partial charge on any atom is -0.508 e. The number of aromatic hydroxyl groups is 2. The third-order valence-corrected chi connectivity index (χ3v) is 6.22. The topological polar surface area (TPSA) is 88.8 Å². The van der Waals surface area contributed by atoms with Crippen molar-refractivity contribution in [1.29, 1.82) is 5.41 Å². The van der Waals surface area contributed by atoms with Crippen LogP contribution in [0, 0.1) is 11.3 Å². The van der Waals surface area contributed by atoms with Gasteiger partial charge in [-0.25, -0.2) is 0 Å². The van der Waals surface area contributed by atoms with Crippen LogP contribution in [-0.4, -0.2) is 60.3 Å². The summed E-state index contributed by atoms with van der Waals surface area (Å²) in [5, 5.41) is 31.4. The van der Waals surface area contributed by atoms with E-state index >= 15 is 0 Å². The fourth-order valence-corrected chi connectivity index (χ4v) is 4.46. The number of nitrogens with zero attached hydrogens (tertiary/aromatic N) is 1. The predicted octanol–water partition coefficient (Wildman–Crippen LogP) is 4.20. The number of alkyl halides is 1. The van der Waals surface area contributed by atoms with Crippen LogP contribution in [0.5, 0.6) is 17.2 Å². The summed E-state index contributed by atoms with van der Waals surface area (Å²) in [6.45, 7) is 5.04. The van der Waals surface area contributed by atoms with Gasteiger partial charge in [-0.3, -0.25) is 4.39 Å². The van der Waals surface area contributed by atoms with E-state index in [1.165, 1.54) is 6.21 Å². The second-order valence-corrected chi connectivity index (χ2v) is 8.64. The van der Waals surface area contributed by atoms with Gasteiger partial charge in [-0.15, -0.1) is 0 Å². The van der Waals surface area contributed by atoms with E-state index in [1.807, 2.05) is 13.0 Å². The molecule has 0 amide bonds. The Labute approximate surface area is 193 Å². The lowest BCUT2D eigenvalue weighted by Gasteiger charge is -2.37. The van der Waals surface area contributed by atoms with Crippen molar-refractivity contribution >= 4 is 17.4 Å². The lowest BCUT2D eigenvalue weighted by Crippen LogP contribution is -2.48. The molecule has 4 N–H and O–H groups in total. The van der Waals surface area contributed by atoms with Gasteiger partial charge in [0.2, 0.25) is 0 Å². The first kappa shape index (κ1) is 22.9. The Balaban J connectivity index is 1.54. The molecule has 1 atom stereocenters. The molecular formula is C26H30FN3O3. The van der Waals surface area contributed by atoms with E-state index in [9.17, 15) is 14.6 Å². The normalized spacial score (nSPS) is 19.0. The van der Waals surface area contributed by atoms with Gasteiger partial charge in [0.1, 0.15) is 17.2 Å². The van der Waals surface area contributed by atoms with Crippen molar-refractivity contribution in [2.45, 2.75) is 19.4 Å². The van der Waals surface area contributed by atoms with Crippen molar-refractivity contribution < 1.29 is 19.3 Å². The number of fused-ring (bicyclic) bond motifs is 1. The molecule has 2 aromatic rings. The van der Waals surface area contributed by atoms with Gasteiger partial charge in [-0.1, -0.05) is 12.1 Å². The number of hydrogen-bond acceptors (Lipinski definition) is 6. The van der Waals surface area contributed by atoms with Gasteiger partial charge < -0.3 is 30.6 Å². The van der Waals surface area contributed by atoms with Crippen LogP contribution in [0.2, 0.25) is 0 Å². The molecule has 2 aromatic carbocycles. The van der Waals surface area contributed by atoms with Gasteiger partial charge in [-0.2, -0.15) is 0 Å². The molecule has 0 spiro atoms. The maximum absolute atomic E-state index is 12.6. The van der Waals surface area contributed by atoms with Crippen LogP contribution in [0.15, 0.2) is 54.2 Å². The average molecular weight is 452 g/mol. The largest absolute Gasteiger partial charge is 0.508 e. The first-order valence-corrected chi connectivity index (χ1v) is 11.2. The van der Waals surface area contributed by atoms with E-state index in [0.717, 1.165) is 54.9 Å². The number of rotatable bonds is 9. The van der Waals surface area contributed by atoms with Crippen molar-refractivity contribution in [3.8, 4) is 17.2 Å². The lowest BCUT2D eigenvalue weighted by molar-refractivity contribution is 0.0803. The molecule has 1 fully saturated rings. The molecule has 7 heteroatoms. The summed E-state index contributed by atoms with van der Waals surface area (Å²) in [5.74, 6) is 1.12. The Hall–Kier alpha value is -3.32. The summed E-state index contributed by atoms with van der Waals surface area (Å²) in [4.78, 5) is 2.25. The standard InChI is InChI=1S/C26H30FN3O3/c1-17-23-11-22(32)6-7-24(23)33-26(25(17)19-4-2-5-21(31)10-19)20(13-28)14-29-8-3-9-30-15-18(12-27)16-30/h2,4-7,10-11,13-14,18,26,28-29,31-32H,3,8-9,12,15-16H2,1H3/b20-14+,28-13?/t26-/m0/s1. The first-order chi connectivity index (χ1) is 16.0. The Morgan fingerprint density at radius 1 is 1.21 bits per heavy atom. The number of allylic oxidation sites excluding steroid dienone is 1. The van der Waals surface area contributed by atoms with E-state index in [1.54, 1.807) is 42.6 Å². The minimum atomic E-state index is -0.547. The van der Waals surface area contributed by atoms with Crippen LogP contribution in [0.3, 0.4) is 0 Å². The molecule has 0 saturated carbocycles. The highest BCUT2D eigenvalue weighted by Gasteiger charge is 2.30. The molecule has 0 bridgehead atoms. The molecule has 2 aliphatic rings. The Bertz CT molecular complexity index is 1080. The molecule has 4 rings (SSSR count). The van der Waals surface area contributed by atoms with E-state index in [4.69, 9.17) is 10.1 Å². The van der Waals surface area contributed by atoms with Gasteiger partial charge in [0, 0.05) is 54.7 Å². The monoisotopic (exact) mass is 451 g/mol. The van der Waals surface area contributed by atoms with E-state index in [2.05, 4.69) is 10.2 Å². The zero-order chi connectivity index (χ0) is 23.4. The number of hydrogen-bond donors (Lipinski definition) is 4. The molecule has 0 radical (unpaired) electrons. The third-order valence-electron chi connectivity index (χ3n) is 6.22. The maximum atomic E-state index is 12.6. The second kappa shape index (κ2) is 10.1. The molecule has 1 saturated heterocycles. The number of ether oxygens (including phenoxy) is 1. The fourth-order valence-electron chi connectivity index (χ4n) is 4.46. The number of nitrogens with one attached hydrogen (secondary N) is 2.